The fraction of sp³-hybridized carbons (Fsp3) is 0.0714. The van der Waals surface area contributed by atoms with Gasteiger partial charge in [0, 0.05) is 15.2 Å². The molecule has 0 aliphatic heterocycles. The predicted octanol–water partition coefficient (Wildman–Crippen LogP) is 4.12. The van der Waals surface area contributed by atoms with Crippen LogP contribution in [0.3, 0.4) is 0 Å². The van der Waals surface area contributed by atoms with Crippen LogP contribution >= 0.6 is 27.5 Å². The van der Waals surface area contributed by atoms with Crippen molar-refractivity contribution < 1.29 is 9.53 Å². The summed E-state index contributed by atoms with van der Waals surface area (Å²) in [5.41, 5.74) is 0.689. The van der Waals surface area contributed by atoms with Gasteiger partial charge in [0.1, 0.15) is 5.75 Å². The van der Waals surface area contributed by atoms with Gasteiger partial charge in [0.15, 0.2) is 6.61 Å². The minimum atomic E-state index is -0.217. The molecule has 0 spiro atoms. The fourth-order valence-electron chi connectivity index (χ4n) is 1.41. The Hall–Kier alpha value is -1.52. The second-order valence-corrected chi connectivity index (χ2v) is 5.15. The summed E-state index contributed by atoms with van der Waals surface area (Å²) in [6.45, 7) is -0.0374. The van der Waals surface area contributed by atoms with Crippen molar-refractivity contribution in [1.29, 1.82) is 0 Å². The summed E-state index contributed by atoms with van der Waals surface area (Å²) in [7, 11) is 0. The number of ether oxygens (including phenoxy) is 1. The molecule has 2 aromatic carbocycles. The van der Waals surface area contributed by atoms with E-state index in [-0.39, 0.29) is 12.5 Å². The molecular formula is C14H11BrClNO2. The van der Waals surface area contributed by atoms with Crippen LogP contribution in [0.15, 0.2) is 53.0 Å². The van der Waals surface area contributed by atoms with E-state index in [0.717, 1.165) is 4.47 Å². The molecule has 1 N–H and O–H groups in total. The lowest BCUT2D eigenvalue weighted by Crippen LogP contribution is -2.20. The van der Waals surface area contributed by atoms with Crippen molar-refractivity contribution in [2.24, 2.45) is 0 Å². The number of hydrogen-bond acceptors (Lipinski definition) is 2. The molecule has 0 bridgehead atoms. The van der Waals surface area contributed by atoms with Crippen LogP contribution in [-0.2, 0) is 4.79 Å². The van der Waals surface area contributed by atoms with Crippen LogP contribution in [0, 0.1) is 0 Å². The number of amides is 1. The maximum Gasteiger partial charge on any atom is 0.262 e. The molecule has 2 rings (SSSR count). The van der Waals surface area contributed by atoms with E-state index in [1.165, 1.54) is 0 Å². The van der Waals surface area contributed by atoms with Crippen molar-refractivity contribution in [3.8, 4) is 5.75 Å². The van der Waals surface area contributed by atoms with E-state index in [1.807, 2.05) is 12.1 Å². The molecule has 0 fully saturated rings. The Morgan fingerprint density at radius 2 is 1.74 bits per heavy atom. The normalized spacial score (nSPS) is 10.0. The first kappa shape index (κ1) is 13.9. The second kappa shape index (κ2) is 6.59. The lowest BCUT2D eigenvalue weighted by molar-refractivity contribution is -0.118. The lowest BCUT2D eigenvalue weighted by Gasteiger charge is -2.07. The van der Waals surface area contributed by atoms with Gasteiger partial charge in [-0.2, -0.15) is 0 Å². The highest BCUT2D eigenvalue weighted by Crippen LogP contribution is 2.16. The van der Waals surface area contributed by atoms with Gasteiger partial charge in [-0.1, -0.05) is 27.5 Å². The standard InChI is InChI=1S/C14H11BrClNO2/c15-10-1-7-13(8-2-10)19-9-14(18)17-12-5-3-11(16)4-6-12/h1-8H,9H2,(H,17,18). The van der Waals surface area contributed by atoms with Gasteiger partial charge in [-0.15, -0.1) is 0 Å². The lowest BCUT2D eigenvalue weighted by atomic mass is 10.3. The monoisotopic (exact) mass is 339 g/mol. The van der Waals surface area contributed by atoms with Gasteiger partial charge < -0.3 is 10.1 Å². The number of carbonyl (C=O) groups excluding carboxylic acids is 1. The summed E-state index contributed by atoms with van der Waals surface area (Å²) in [6, 6.07) is 14.2. The zero-order chi connectivity index (χ0) is 13.7. The van der Waals surface area contributed by atoms with Gasteiger partial charge >= 0.3 is 0 Å². The van der Waals surface area contributed by atoms with Gasteiger partial charge in [-0.05, 0) is 48.5 Å². The van der Waals surface area contributed by atoms with Crippen LogP contribution in [-0.4, -0.2) is 12.5 Å². The molecular weight excluding hydrogens is 330 g/mol. The summed E-state index contributed by atoms with van der Waals surface area (Å²) in [6.07, 6.45) is 0. The average Bonchev–Trinajstić information content (AvgIpc) is 2.41. The maximum atomic E-state index is 11.7. The molecule has 19 heavy (non-hydrogen) atoms. The molecule has 0 aromatic heterocycles. The predicted molar refractivity (Wildman–Crippen MR) is 79.7 cm³/mol. The highest BCUT2D eigenvalue weighted by molar-refractivity contribution is 9.10. The third-order valence-corrected chi connectivity index (χ3v) is 3.09. The highest BCUT2D eigenvalue weighted by Gasteiger charge is 2.03. The molecule has 0 aliphatic rings. The molecule has 2 aromatic rings. The van der Waals surface area contributed by atoms with Crippen LogP contribution in [0.25, 0.3) is 0 Å². The molecule has 0 saturated carbocycles. The van der Waals surface area contributed by atoms with E-state index in [2.05, 4.69) is 21.2 Å². The van der Waals surface area contributed by atoms with Crippen molar-refractivity contribution in [2.45, 2.75) is 0 Å². The molecule has 0 heterocycles. The smallest absolute Gasteiger partial charge is 0.262 e. The van der Waals surface area contributed by atoms with E-state index in [9.17, 15) is 4.79 Å². The zero-order valence-corrected chi connectivity index (χ0v) is 12.2. The van der Waals surface area contributed by atoms with Crippen LogP contribution in [0.5, 0.6) is 5.75 Å². The maximum absolute atomic E-state index is 11.7. The molecule has 98 valence electrons. The van der Waals surface area contributed by atoms with Crippen LogP contribution in [0.2, 0.25) is 5.02 Å². The first-order valence-corrected chi connectivity index (χ1v) is 6.74. The largest absolute Gasteiger partial charge is 0.484 e. The topological polar surface area (TPSA) is 38.3 Å². The van der Waals surface area contributed by atoms with Crippen LogP contribution in [0.1, 0.15) is 0 Å². The van der Waals surface area contributed by atoms with Crippen LogP contribution < -0.4 is 10.1 Å². The first-order chi connectivity index (χ1) is 9.13. The molecule has 5 heteroatoms. The molecule has 0 saturated heterocycles. The van der Waals surface area contributed by atoms with Gasteiger partial charge in [0.05, 0.1) is 0 Å². The number of nitrogens with one attached hydrogen (secondary N) is 1. The quantitative estimate of drug-likeness (QED) is 0.909. The van der Waals surface area contributed by atoms with Crippen molar-refractivity contribution in [3.05, 3.63) is 58.0 Å². The van der Waals surface area contributed by atoms with Gasteiger partial charge in [0.2, 0.25) is 0 Å². The van der Waals surface area contributed by atoms with E-state index in [0.29, 0.717) is 16.5 Å². The highest BCUT2D eigenvalue weighted by atomic mass is 79.9. The summed E-state index contributed by atoms with van der Waals surface area (Å²) in [5.74, 6) is 0.430. The van der Waals surface area contributed by atoms with E-state index >= 15 is 0 Å². The zero-order valence-electron chi connectivity index (χ0n) is 9.90. The number of rotatable bonds is 4. The van der Waals surface area contributed by atoms with E-state index < -0.39 is 0 Å². The Labute approximate surface area is 124 Å². The SMILES string of the molecule is O=C(COc1ccc(Br)cc1)Nc1ccc(Cl)cc1. The Morgan fingerprint density at radius 3 is 2.37 bits per heavy atom. The first-order valence-electron chi connectivity index (χ1n) is 5.57. The number of carbonyl (C=O) groups is 1. The Balaban J connectivity index is 1.84. The third-order valence-electron chi connectivity index (χ3n) is 2.31. The summed E-state index contributed by atoms with van der Waals surface area (Å²) >= 11 is 9.09. The average molecular weight is 341 g/mol. The fourth-order valence-corrected chi connectivity index (χ4v) is 1.80. The molecule has 0 unspecified atom stereocenters. The van der Waals surface area contributed by atoms with Gasteiger partial charge in [0.25, 0.3) is 5.91 Å². The van der Waals surface area contributed by atoms with Gasteiger partial charge in [-0.3, -0.25) is 4.79 Å². The number of anilines is 1. The van der Waals surface area contributed by atoms with Crippen molar-refractivity contribution in [2.75, 3.05) is 11.9 Å². The Morgan fingerprint density at radius 1 is 1.11 bits per heavy atom. The second-order valence-electron chi connectivity index (χ2n) is 3.80. The van der Waals surface area contributed by atoms with E-state index in [1.54, 1.807) is 36.4 Å². The molecule has 0 aliphatic carbocycles. The molecule has 0 radical (unpaired) electrons. The van der Waals surface area contributed by atoms with Crippen molar-refractivity contribution in [1.82, 2.24) is 0 Å². The summed E-state index contributed by atoms with van der Waals surface area (Å²) in [4.78, 5) is 11.7. The molecule has 1 amide bonds. The molecule has 0 atom stereocenters. The Bertz CT molecular complexity index is 555. The van der Waals surface area contributed by atoms with Crippen molar-refractivity contribution >= 4 is 39.1 Å². The number of halogens is 2. The summed E-state index contributed by atoms with van der Waals surface area (Å²) < 4.78 is 6.32. The minimum Gasteiger partial charge on any atom is -0.484 e. The number of hydrogen-bond donors (Lipinski definition) is 1. The minimum absolute atomic E-state index is 0.0374. The third kappa shape index (κ3) is 4.58. The van der Waals surface area contributed by atoms with E-state index in [4.69, 9.17) is 16.3 Å². The number of benzene rings is 2. The Kier molecular flexibility index (Phi) is 4.82. The molecule has 3 nitrogen and oxygen atoms in total. The van der Waals surface area contributed by atoms with Crippen LogP contribution in [0.4, 0.5) is 5.69 Å². The van der Waals surface area contributed by atoms with Gasteiger partial charge in [-0.25, -0.2) is 0 Å². The summed E-state index contributed by atoms with van der Waals surface area (Å²) in [5, 5.41) is 3.35. The van der Waals surface area contributed by atoms with Crippen molar-refractivity contribution in [3.63, 3.8) is 0 Å².